The summed E-state index contributed by atoms with van der Waals surface area (Å²) in [6.07, 6.45) is 17.3. The Balaban J connectivity index is 3.71. The van der Waals surface area contributed by atoms with Crippen molar-refractivity contribution in [3.05, 3.63) is 35.8 Å². The highest BCUT2D eigenvalue weighted by atomic mass is 32.2. The van der Waals surface area contributed by atoms with Crippen LogP contribution in [-0.4, -0.2) is 17.7 Å². The van der Waals surface area contributed by atoms with Crippen LogP contribution >= 0.6 is 11.8 Å². The summed E-state index contributed by atoms with van der Waals surface area (Å²) < 4.78 is 0. The molecular formula is C17H29NOS. The van der Waals surface area contributed by atoms with Crippen molar-refractivity contribution in [2.45, 2.75) is 58.4 Å². The van der Waals surface area contributed by atoms with Crippen molar-refractivity contribution < 1.29 is 4.79 Å². The Bertz CT molecular complexity index is 343. The van der Waals surface area contributed by atoms with Crippen molar-refractivity contribution in [3.8, 4) is 0 Å². The average Bonchev–Trinajstić information content (AvgIpc) is 2.40. The van der Waals surface area contributed by atoms with E-state index in [4.69, 9.17) is 0 Å². The van der Waals surface area contributed by atoms with Crippen molar-refractivity contribution in [2.75, 3.05) is 6.26 Å². The van der Waals surface area contributed by atoms with E-state index in [1.54, 1.807) is 17.8 Å². The predicted molar refractivity (Wildman–Crippen MR) is 91.9 cm³/mol. The van der Waals surface area contributed by atoms with Crippen LogP contribution in [-0.2, 0) is 4.79 Å². The van der Waals surface area contributed by atoms with E-state index in [-0.39, 0.29) is 11.4 Å². The minimum Gasteiger partial charge on any atom is -0.348 e. The quantitative estimate of drug-likeness (QED) is 0.355. The van der Waals surface area contributed by atoms with Gasteiger partial charge in [0.1, 0.15) is 0 Å². The molecule has 1 N–H and O–H groups in total. The van der Waals surface area contributed by atoms with Crippen molar-refractivity contribution in [1.29, 1.82) is 0 Å². The van der Waals surface area contributed by atoms with Gasteiger partial charge >= 0.3 is 0 Å². The van der Waals surface area contributed by atoms with Crippen LogP contribution in [0.5, 0.6) is 0 Å². The zero-order chi connectivity index (χ0) is 15.3. The van der Waals surface area contributed by atoms with E-state index in [2.05, 4.69) is 36.1 Å². The van der Waals surface area contributed by atoms with Crippen LogP contribution in [0.3, 0.4) is 0 Å². The van der Waals surface area contributed by atoms with Crippen molar-refractivity contribution in [1.82, 2.24) is 5.32 Å². The Hall–Kier alpha value is -0.960. The first-order chi connectivity index (χ1) is 9.52. The second-order valence-corrected chi connectivity index (χ2v) is 6.15. The molecule has 114 valence electrons. The molecule has 0 unspecified atom stereocenters. The van der Waals surface area contributed by atoms with Crippen LogP contribution in [0.1, 0.15) is 52.9 Å². The van der Waals surface area contributed by atoms with E-state index in [9.17, 15) is 4.79 Å². The van der Waals surface area contributed by atoms with Crippen LogP contribution in [0.15, 0.2) is 35.8 Å². The van der Waals surface area contributed by atoms with Gasteiger partial charge in [-0.2, -0.15) is 0 Å². The van der Waals surface area contributed by atoms with E-state index in [1.165, 1.54) is 12.8 Å². The maximum absolute atomic E-state index is 11.6. The lowest BCUT2D eigenvalue weighted by molar-refractivity contribution is -0.118. The highest BCUT2D eigenvalue weighted by Crippen LogP contribution is 2.06. The summed E-state index contributed by atoms with van der Waals surface area (Å²) in [6.45, 7) is 6.12. The van der Waals surface area contributed by atoms with Gasteiger partial charge in [-0.25, -0.2) is 0 Å². The average molecular weight is 295 g/mol. The van der Waals surface area contributed by atoms with E-state index in [1.807, 2.05) is 26.0 Å². The van der Waals surface area contributed by atoms with Gasteiger partial charge in [-0.1, -0.05) is 31.2 Å². The molecule has 0 saturated heterocycles. The SMILES string of the molecule is CCC(C)(C)NC(=O)C=CC=CCCCCC=CSC. The molecule has 0 rings (SSSR count). The standard InChI is InChI=1S/C17H29NOS/c1-5-17(2,3)18-16(19)14-12-10-8-6-7-9-11-13-15-20-4/h8,10,12-15H,5-7,9,11H2,1-4H3,(H,18,19). The van der Waals surface area contributed by atoms with Crippen LogP contribution in [0.2, 0.25) is 0 Å². The first kappa shape index (κ1) is 19.0. The van der Waals surface area contributed by atoms with Gasteiger partial charge in [0, 0.05) is 11.6 Å². The lowest BCUT2D eigenvalue weighted by Crippen LogP contribution is -2.41. The second kappa shape index (κ2) is 11.8. The molecule has 0 radical (unpaired) electrons. The minimum absolute atomic E-state index is 0.0243. The molecule has 20 heavy (non-hydrogen) atoms. The molecule has 0 aliphatic carbocycles. The van der Waals surface area contributed by atoms with Gasteiger partial charge in [0.25, 0.3) is 0 Å². The summed E-state index contributed by atoms with van der Waals surface area (Å²) in [5.74, 6) is -0.0243. The van der Waals surface area contributed by atoms with Gasteiger partial charge in [-0.3, -0.25) is 4.79 Å². The first-order valence-electron chi connectivity index (χ1n) is 7.35. The summed E-state index contributed by atoms with van der Waals surface area (Å²) in [7, 11) is 0. The number of hydrogen-bond donors (Lipinski definition) is 1. The van der Waals surface area contributed by atoms with Gasteiger partial charge in [-0.05, 0) is 57.6 Å². The zero-order valence-electron chi connectivity index (χ0n) is 13.3. The Kier molecular flexibility index (Phi) is 11.3. The van der Waals surface area contributed by atoms with E-state index < -0.39 is 0 Å². The van der Waals surface area contributed by atoms with Crippen LogP contribution in [0, 0.1) is 0 Å². The molecular weight excluding hydrogens is 266 g/mol. The van der Waals surface area contributed by atoms with E-state index >= 15 is 0 Å². The molecule has 0 aliphatic rings. The first-order valence-corrected chi connectivity index (χ1v) is 8.64. The third kappa shape index (κ3) is 12.1. The molecule has 3 heteroatoms. The highest BCUT2D eigenvalue weighted by Gasteiger charge is 2.15. The Labute approximate surface area is 128 Å². The molecule has 2 nitrogen and oxygen atoms in total. The normalized spacial score (nSPS) is 12.8. The summed E-state index contributed by atoms with van der Waals surface area (Å²) in [4.78, 5) is 11.6. The fourth-order valence-corrected chi connectivity index (χ4v) is 1.80. The zero-order valence-corrected chi connectivity index (χ0v) is 14.1. The third-order valence-electron chi connectivity index (χ3n) is 3.06. The summed E-state index contributed by atoms with van der Waals surface area (Å²) in [5.41, 5.74) is -0.130. The number of thioether (sulfide) groups is 1. The summed E-state index contributed by atoms with van der Waals surface area (Å²) in [6, 6.07) is 0. The van der Waals surface area contributed by atoms with E-state index in [0.717, 1.165) is 19.3 Å². The van der Waals surface area contributed by atoms with Crippen molar-refractivity contribution in [3.63, 3.8) is 0 Å². The minimum atomic E-state index is -0.130. The second-order valence-electron chi connectivity index (χ2n) is 5.41. The molecule has 0 aromatic carbocycles. The topological polar surface area (TPSA) is 29.1 Å². The monoisotopic (exact) mass is 295 g/mol. The van der Waals surface area contributed by atoms with Crippen LogP contribution in [0.25, 0.3) is 0 Å². The number of nitrogens with one attached hydrogen (secondary N) is 1. The summed E-state index contributed by atoms with van der Waals surface area (Å²) >= 11 is 1.74. The van der Waals surface area contributed by atoms with E-state index in [0.29, 0.717) is 0 Å². The molecule has 0 aromatic rings. The number of carbonyl (C=O) groups is 1. The van der Waals surface area contributed by atoms with Crippen LogP contribution in [0.4, 0.5) is 0 Å². The largest absolute Gasteiger partial charge is 0.348 e. The molecule has 0 saturated carbocycles. The molecule has 0 bridgehead atoms. The molecule has 0 aromatic heterocycles. The van der Waals surface area contributed by atoms with Gasteiger partial charge in [0.2, 0.25) is 5.91 Å². The van der Waals surface area contributed by atoms with Gasteiger partial charge in [-0.15, -0.1) is 11.8 Å². The fraction of sp³-hybridized carbons (Fsp3) is 0.588. The third-order valence-corrected chi connectivity index (χ3v) is 3.53. The van der Waals surface area contributed by atoms with Gasteiger partial charge in [0.15, 0.2) is 0 Å². The van der Waals surface area contributed by atoms with Gasteiger partial charge < -0.3 is 5.32 Å². The number of rotatable bonds is 10. The van der Waals surface area contributed by atoms with Crippen LogP contribution < -0.4 is 5.32 Å². The molecule has 0 heterocycles. The Morgan fingerprint density at radius 3 is 2.40 bits per heavy atom. The summed E-state index contributed by atoms with van der Waals surface area (Å²) in [5, 5.41) is 5.10. The maximum atomic E-state index is 11.6. The molecule has 0 spiro atoms. The number of allylic oxidation sites excluding steroid dienone is 4. The Morgan fingerprint density at radius 1 is 1.15 bits per heavy atom. The molecule has 0 atom stereocenters. The van der Waals surface area contributed by atoms with Crippen molar-refractivity contribution in [2.24, 2.45) is 0 Å². The smallest absolute Gasteiger partial charge is 0.244 e. The lowest BCUT2D eigenvalue weighted by atomic mass is 10.0. The Morgan fingerprint density at radius 2 is 1.80 bits per heavy atom. The molecule has 0 fully saturated rings. The highest BCUT2D eigenvalue weighted by molar-refractivity contribution is 8.01. The number of unbranched alkanes of at least 4 members (excludes halogenated alkanes) is 3. The van der Waals surface area contributed by atoms with Gasteiger partial charge in [0.05, 0.1) is 0 Å². The van der Waals surface area contributed by atoms with Crippen molar-refractivity contribution >= 4 is 17.7 Å². The molecule has 1 amide bonds. The maximum Gasteiger partial charge on any atom is 0.244 e. The predicted octanol–water partition coefficient (Wildman–Crippen LogP) is 4.84. The number of amides is 1. The number of carbonyl (C=O) groups excluding carboxylic acids is 1. The fourth-order valence-electron chi connectivity index (χ4n) is 1.47. The lowest BCUT2D eigenvalue weighted by Gasteiger charge is -2.23. The number of hydrogen-bond acceptors (Lipinski definition) is 2. The molecule has 0 aliphatic heterocycles.